The molecule has 0 amide bonds. The van der Waals surface area contributed by atoms with Crippen LogP contribution in [0.1, 0.15) is 12.0 Å². The predicted molar refractivity (Wildman–Crippen MR) is 72.7 cm³/mol. The number of pyridine rings is 1. The zero-order valence-electron chi connectivity index (χ0n) is 10.4. The topological polar surface area (TPSA) is 34.2 Å². The number of fused-ring (bicyclic) bond motifs is 1. The summed E-state index contributed by atoms with van der Waals surface area (Å²) in [5, 5.41) is 4.76. The monoisotopic (exact) mass is 242 g/mol. The van der Waals surface area contributed by atoms with Gasteiger partial charge in [0.1, 0.15) is 0 Å². The lowest BCUT2D eigenvalue weighted by Gasteiger charge is -2.11. The Balaban J connectivity index is 1.66. The van der Waals surface area contributed by atoms with E-state index in [1.165, 1.54) is 10.9 Å². The molecule has 0 radical (unpaired) electrons. The molecular formula is C15H18N2O. The number of hydrogen-bond acceptors (Lipinski definition) is 3. The molecule has 3 nitrogen and oxygen atoms in total. The van der Waals surface area contributed by atoms with Crippen molar-refractivity contribution in [3.05, 3.63) is 42.1 Å². The van der Waals surface area contributed by atoms with E-state index in [1.807, 2.05) is 12.3 Å². The molecule has 1 unspecified atom stereocenters. The summed E-state index contributed by atoms with van der Waals surface area (Å²) in [4.78, 5) is 4.48. The maximum Gasteiger partial charge on any atom is 0.0734 e. The minimum Gasteiger partial charge on any atom is -0.380 e. The van der Waals surface area contributed by atoms with E-state index in [0.717, 1.165) is 38.1 Å². The van der Waals surface area contributed by atoms with Crippen molar-refractivity contribution in [2.75, 3.05) is 19.8 Å². The van der Waals surface area contributed by atoms with Crippen molar-refractivity contribution in [1.82, 2.24) is 10.3 Å². The van der Waals surface area contributed by atoms with Crippen molar-refractivity contribution in [1.29, 1.82) is 0 Å². The molecule has 1 aromatic heterocycles. The van der Waals surface area contributed by atoms with Gasteiger partial charge in [-0.25, -0.2) is 0 Å². The highest BCUT2D eigenvalue weighted by molar-refractivity contribution is 5.81. The molecule has 18 heavy (non-hydrogen) atoms. The lowest BCUT2D eigenvalue weighted by atomic mass is 10.1. The number of para-hydroxylation sites is 1. The number of aromatic nitrogens is 1. The summed E-state index contributed by atoms with van der Waals surface area (Å²) in [5.41, 5.74) is 2.45. The highest BCUT2D eigenvalue weighted by Crippen LogP contribution is 2.16. The molecule has 0 aliphatic carbocycles. The maximum atomic E-state index is 5.36. The first-order valence-corrected chi connectivity index (χ1v) is 6.57. The number of benzene rings is 1. The van der Waals surface area contributed by atoms with E-state index in [2.05, 4.69) is 34.6 Å². The Morgan fingerprint density at radius 2 is 2.22 bits per heavy atom. The van der Waals surface area contributed by atoms with Gasteiger partial charge in [-0.05, 0) is 31.0 Å². The van der Waals surface area contributed by atoms with Gasteiger partial charge in [-0.2, -0.15) is 0 Å². The third-order valence-corrected chi connectivity index (χ3v) is 3.47. The molecule has 3 heteroatoms. The van der Waals surface area contributed by atoms with Crippen molar-refractivity contribution in [2.24, 2.45) is 0 Å². The summed E-state index contributed by atoms with van der Waals surface area (Å²) in [5.74, 6) is 0. The first-order chi connectivity index (χ1) is 8.93. The van der Waals surface area contributed by atoms with Gasteiger partial charge in [-0.3, -0.25) is 4.98 Å². The molecule has 1 fully saturated rings. The zero-order chi connectivity index (χ0) is 12.2. The number of hydrogen-bond donors (Lipinski definition) is 1. The largest absolute Gasteiger partial charge is 0.380 e. The Hall–Kier alpha value is -1.45. The van der Waals surface area contributed by atoms with Crippen LogP contribution < -0.4 is 5.32 Å². The Labute approximate surface area is 107 Å². The van der Waals surface area contributed by atoms with Crippen LogP contribution in [0.5, 0.6) is 0 Å². The van der Waals surface area contributed by atoms with Crippen LogP contribution in [0.2, 0.25) is 0 Å². The molecule has 0 spiro atoms. The molecule has 1 aliphatic rings. The predicted octanol–water partition coefficient (Wildman–Crippen LogP) is 2.16. The molecule has 2 aromatic rings. The first kappa shape index (κ1) is 11.6. The smallest absolute Gasteiger partial charge is 0.0734 e. The standard InChI is InChI=1S/C15H18N2O/c1-3-12-5-2-8-17-15(12)13(4-1)6-9-16-14-7-10-18-11-14/h1-5,8,14,16H,6-7,9-11H2. The van der Waals surface area contributed by atoms with Gasteiger partial charge < -0.3 is 10.1 Å². The molecule has 1 aromatic carbocycles. The molecule has 1 saturated heterocycles. The second-order valence-electron chi connectivity index (χ2n) is 4.76. The number of ether oxygens (including phenoxy) is 1. The normalized spacial score (nSPS) is 19.4. The van der Waals surface area contributed by atoms with Gasteiger partial charge in [-0.15, -0.1) is 0 Å². The number of nitrogens with one attached hydrogen (secondary N) is 1. The SMILES string of the molecule is c1cnc2c(CCNC3CCOC3)cccc2c1. The van der Waals surface area contributed by atoms with Crippen LogP contribution in [0.3, 0.4) is 0 Å². The zero-order valence-corrected chi connectivity index (χ0v) is 10.4. The van der Waals surface area contributed by atoms with Crippen LogP contribution in [-0.4, -0.2) is 30.8 Å². The van der Waals surface area contributed by atoms with Crippen LogP contribution in [0.25, 0.3) is 10.9 Å². The minimum atomic E-state index is 0.535. The molecule has 0 bridgehead atoms. The number of rotatable bonds is 4. The Morgan fingerprint density at radius 3 is 3.11 bits per heavy atom. The van der Waals surface area contributed by atoms with E-state index in [-0.39, 0.29) is 0 Å². The van der Waals surface area contributed by atoms with Crippen molar-refractivity contribution in [3.8, 4) is 0 Å². The van der Waals surface area contributed by atoms with Crippen LogP contribution in [-0.2, 0) is 11.2 Å². The fraction of sp³-hybridized carbons (Fsp3) is 0.400. The van der Waals surface area contributed by atoms with Crippen LogP contribution in [0, 0.1) is 0 Å². The van der Waals surface area contributed by atoms with E-state index in [0.29, 0.717) is 6.04 Å². The summed E-state index contributed by atoms with van der Waals surface area (Å²) < 4.78 is 5.36. The molecule has 1 aliphatic heterocycles. The average molecular weight is 242 g/mol. The van der Waals surface area contributed by atoms with Crippen molar-refractivity contribution in [2.45, 2.75) is 18.9 Å². The molecule has 1 atom stereocenters. The van der Waals surface area contributed by atoms with E-state index >= 15 is 0 Å². The van der Waals surface area contributed by atoms with E-state index in [1.54, 1.807) is 0 Å². The molecule has 3 rings (SSSR count). The highest BCUT2D eigenvalue weighted by atomic mass is 16.5. The van der Waals surface area contributed by atoms with E-state index in [9.17, 15) is 0 Å². The quantitative estimate of drug-likeness (QED) is 0.892. The van der Waals surface area contributed by atoms with Crippen molar-refractivity contribution < 1.29 is 4.74 Å². The van der Waals surface area contributed by atoms with Gasteiger partial charge in [0, 0.05) is 24.2 Å². The summed E-state index contributed by atoms with van der Waals surface area (Å²) in [7, 11) is 0. The fourth-order valence-corrected chi connectivity index (χ4v) is 2.48. The first-order valence-electron chi connectivity index (χ1n) is 6.57. The Bertz CT molecular complexity index is 515. The summed E-state index contributed by atoms with van der Waals surface area (Å²) in [6, 6.07) is 11.0. The van der Waals surface area contributed by atoms with E-state index in [4.69, 9.17) is 4.74 Å². The second kappa shape index (κ2) is 5.46. The Kier molecular flexibility index (Phi) is 3.53. The van der Waals surface area contributed by atoms with E-state index < -0.39 is 0 Å². The van der Waals surface area contributed by atoms with Crippen LogP contribution in [0.4, 0.5) is 0 Å². The van der Waals surface area contributed by atoms with Gasteiger partial charge in [0.05, 0.1) is 12.1 Å². The molecule has 94 valence electrons. The third-order valence-electron chi connectivity index (χ3n) is 3.47. The van der Waals surface area contributed by atoms with Crippen LogP contribution in [0.15, 0.2) is 36.5 Å². The van der Waals surface area contributed by atoms with Gasteiger partial charge >= 0.3 is 0 Å². The maximum absolute atomic E-state index is 5.36. The lowest BCUT2D eigenvalue weighted by Crippen LogP contribution is -2.30. The average Bonchev–Trinajstić information content (AvgIpc) is 2.92. The summed E-state index contributed by atoms with van der Waals surface area (Å²) in [6.45, 7) is 2.74. The molecule has 2 heterocycles. The highest BCUT2D eigenvalue weighted by Gasteiger charge is 2.14. The summed E-state index contributed by atoms with van der Waals surface area (Å²) in [6.07, 6.45) is 4.02. The lowest BCUT2D eigenvalue weighted by molar-refractivity contribution is 0.190. The minimum absolute atomic E-state index is 0.535. The van der Waals surface area contributed by atoms with Crippen LogP contribution >= 0.6 is 0 Å². The van der Waals surface area contributed by atoms with Gasteiger partial charge in [-0.1, -0.05) is 24.3 Å². The molecular weight excluding hydrogens is 224 g/mol. The third kappa shape index (κ3) is 2.52. The summed E-state index contributed by atoms with van der Waals surface area (Å²) >= 11 is 0. The Morgan fingerprint density at radius 1 is 1.28 bits per heavy atom. The molecule has 1 N–H and O–H groups in total. The van der Waals surface area contributed by atoms with Crippen molar-refractivity contribution in [3.63, 3.8) is 0 Å². The van der Waals surface area contributed by atoms with Crippen molar-refractivity contribution >= 4 is 10.9 Å². The fourth-order valence-electron chi connectivity index (χ4n) is 2.48. The molecule has 0 saturated carbocycles. The van der Waals surface area contributed by atoms with Gasteiger partial charge in [0.2, 0.25) is 0 Å². The van der Waals surface area contributed by atoms with Gasteiger partial charge in [0.25, 0.3) is 0 Å². The number of nitrogens with zero attached hydrogens (tertiary/aromatic N) is 1. The second-order valence-corrected chi connectivity index (χ2v) is 4.76. The van der Waals surface area contributed by atoms with Gasteiger partial charge in [0.15, 0.2) is 0 Å².